The smallest absolute Gasteiger partial charge is 1.00 e. The fourth-order valence-corrected chi connectivity index (χ4v) is 6.10. The van der Waals surface area contributed by atoms with Crippen molar-refractivity contribution in [2.75, 3.05) is 12.9 Å². The van der Waals surface area contributed by atoms with E-state index in [1.807, 2.05) is 38.1 Å². The number of nitrogens with two attached hydrogens (primary N) is 1. The number of phenolic OH excluding ortho intramolecular Hbond substituents is 1. The van der Waals surface area contributed by atoms with Gasteiger partial charge in [0.2, 0.25) is 0 Å². The van der Waals surface area contributed by atoms with E-state index in [9.17, 15) is 46.6 Å². The van der Waals surface area contributed by atoms with Crippen molar-refractivity contribution in [3.63, 3.8) is 0 Å². The van der Waals surface area contributed by atoms with Crippen molar-refractivity contribution in [1.29, 1.82) is 0 Å². The number of nitrogen functional groups attached to an aromatic ring is 1. The number of non-ortho nitro benzene ring substituents is 2. The third kappa shape index (κ3) is 21.9. The van der Waals surface area contributed by atoms with Crippen molar-refractivity contribution < 1.29 is 87.9 Å². The Morgan fingerprint density at radius 1 is 0.514 bits per heavy atom. The molecule has 0 aliphatic carbocycles. The summed E-state index contributed by atoms with van der Waals surface area (Å²) < 4.78 is 96.0. The number of hydrogen-bond acceptors (Lipinski definition) is 9. The molecule has 0 bridgehead atoms. The second kappa shape index (κ2) is 31.3. The van der Waals surface area contributed by atoms with Gasteiger partial charge >= 0.3 is 29.6 Å². The summed E-state index contributed by atoms with van der Waals surface area (Å²) in [5.74, 6) is 2.22. The summed E-state index contributed by atoms with van der Waals surface area (Å²) in [5, 5.41) is 29.3. The van der Waals surface area contributed by atoms with Gasteiger partial charge in [0, 0.05) is 33.5 Å². The second-order valence-corrected chi connectivity index (χ2v) is 15.7. The summed E-state index contributed by atoms with van der Waals surface area (Å²) >= 11 is 2.25. The Morgan fingerprint density at radius 2 is 0.833 bits per heavy atom. The Kier molecular flexibility index (Phi) is 25.7. The minimum absolute atomic E-state index is 0. The molecule has 72 heavy (non-hydrogen) atoms. The van der Waals surface area contributed by atoms with Gasteiger partial charge in [-0.3, -0.25) is 24.6 Å². The molecule has 0 aliphatic rings. The zero-order valence-electron chi connectivity index (χ0n) is 41.3. The van der Waals surface area contributed by atoms with Crippen LogP contribution in [0.25, 0.3) is 0 Å². The molecule has 19 heteroatoms. The predicted octanol–water partition coefficient (Wildman–Crippen LogP) is 13.2. The zero-order valence-corrected chi connectivity index (χ0v) is 43.5. The zero-order chi connectivity index (χ0) is 53.3. The van der Waals surface area contributed by atoms with Gasteiger partial charge in [-0.25, -0.2) is 22.0 Å². The molecule has 0 saturated carbocycles. The van der Waals surface area contributed by atoms with Crippen LogP contribution in [0.4, 0.5) is 43.4 Å². The largest absolute Gasteiger partial charge is 1.00 e. The molecule has 8 rings (SSSR count). The number of benzene rings is 8. The number of aryl methyl sites for hydroxylation is 4. The van der Waals surface area contributed by atoms with Gasteiger partial charge in [-0.2, -0.15) is 0 Å². The third-order valence-electron chi connectivity index (χ3n) is 9.01. The van der Waals surface area contributed by atoms with Crippen LogP contribution < -0.4 is 49.5 Å². The second-order valence-electron chi connectivity index (χ2n) is 14.5. The molecule has 0 atom stereocenters. The summed E-state index contributed by atoms with van der Waals surface area (Å²) in [6.07, 6.45) is 0. The summed E-state index contributed by atoms with van der Waals surface area (Å²) in [4.78, 5) is 19.7. The minimum Gasteiger partial charge on any atom is -1.00 e. The van der Waals surface area contributed by atoms with Crippen LogP contribution in [0.15, 0.2) is 170 Å². The maximum absolute atomic E-state index is 12.7. The van der Waals surface area contributed by atoms with E-state index < -0.39 is 22.8 Å². The van der Waals surface area contributed by atoms with Crippen molar-refractivity contribution in [1.82, 2.24) is 0 Å². The molecule has 0 radical (unpaired) electrons. The van der Waals surface area contributed by atoms with Crippen LogP contribution in [0, 0.1) is 80.6 Å². The summed E-state index contributed by atoms with van der Waals surface area (Å²) in [6.45, 7) is 7.10. The Bertz CT molecular complexity index is 2870. The summed E-state index contributed by atoms with van der Waals surface area (Å²) in [6, 6.07) is 41.6. The molecule has 3 N–H and O–H groups in total. The Balaban J connectivity index is 0.000000462. The van der Waals surface area contributed by atoms with E-state index in [0.29, 0.717) is 39.8 Å². The molecule has 11 nitrogen and oxygen atoms in total. The molecule has 0 aliphatic heterocycles. The molecule has 0 spiro atoms. The molecule has 0 unspecified atom stereocenters. The Labute approximate surface area is 450 Å². The number of halogens is 7. The number of phenols is 1. The van der Waals surface area contributed by atoms with E-state index in [0.717, 1.165) is 34.8 Å². The third-order valence-corrected chi connectivity index (χ3v) is 9.68. The van der Waals surface area contributed by atoms with Gasteiger partial charge in [0.25, 0.3) is 11.4 Å². The van der Waals surface area contributed by atoms with Crippen molar-refractivity contribution >= 4 is 39.7 Å². The van der Waals surface area contributed by atoms with E-state index in [1.54, 1.807) is 43.3 Å². The molecule has 0 heterocycles. The minimum atomic E-state index is -1.00. The van der Waals surface area contributed by atoms with Crippen LogP contribution in [0.3, 0.4) is 0 Å². The quantitative estimate of drug-likeness (QED) is 0.0377. The molecule has 372 valence electrons. The van der Waals surface area contributed by atoms with E-state index in [2.05, 4.69) is 22.6 Å². The molecule has 0 amide bonds. The number of anilines is 1. The normalized spacial score (nSPS) is 9.79. The predicted molar refractivity (Wildman–Crippen MR) is 271 cm³/mol. The number of nitro groups is 2. The summed E-state index contributed by atoms with van der Waals surface area (Å²) in [5.41, 5.74) is 9.22. The fourth-order valence-electron chi connectivity index (χ4n) is 5.45. The van der Waals surface area contributed by atoms with Gasteiger partial charge in [-0.05, 0) is 218 Å². The number of aromatic hydroxyl groups is 1. The van der Waals surface area contributed by atoms with Gasteiger partial charge < -0.3 is 26.5 Å². The van der Waals surface area contributed by atoms with Gasteiger partial charge in [-0.1, -0.05) is 0 Å². The number of hydrogen-bond donors (Lipinski definition) is 2. The topological polar surface area (TPSA) is 160 Å². The van der Waals surface area contributed by atoms with Crippen LogP contribution in [0.1, 0.15) is 25.1 Å². The molecular weight excluding hydrogens is 1070 g/mol. The number of alkyl halides is 1. The van der Waals surface area contributed by atoms with Crippen molar-refractivity contribution in [2.45, 2.75) is 27.7 Å². The first kappa shape index (κ1) is 59.2. The first-order valence-corrected chi connectivity index (χ1v) is 21.6. The van der Waals surface area contributed by atoms with Crippen molar-refractivity contribution in [2.24, 2.45) is 0 Å². The average Bonchev–Trinajstić information content (AvgIpc) is 3.34. The molecule has 0 saturated heterocycles. The first-order valence-electron chi connectivity index (χ1n) is 21.3. The van der Waals surface area contributed by atoms with Crippen molar-refractivity contribution in [3.05, 3.63) is 245 Å². The monoisotopic (exact) mass is 1120 g/mol. The molecule has 8 aromatic carbocycles. The number of rotatable bonds is 8. The van der Waals surface area contributed by atoms with Crippen LogP contribution in [-0.2, 0) is 0 Å². The molecular formula is C53H47F6IN3NaO8. The van der Waals surface area contributed by atoms with Gasteiger partial charge in [0.05, 0.1) is 18.4 Å². The van der Waals surface area contributed by atoms with E-state index in [4.69, 9.17) is 26.4 Å². The number of ether oxygens (including phenoxy) is 3. The van der Waals surface area contributed by atoms with Crippen LogP contribution in [0.2, 0.25) is 0 Å². The van der Waals surface area contributed by atoms with Crippen molar-refractivity contribution in [3.8, 4) is 40.2 Å². The van der Waals surface area contributed by atoms with E-state index in [-0.39, 0.29) is 71.4 Å². The van der Waals surface area contributed by atoms with Gasteiger partial charge in [0.1, 0.15) is 69.3 Å². The number of nitro benzene ring substituents is 2. The van der Waals surface area contributed by atoms with Gasteiger partial charge in [0.15, 0.2) is 0 Å². The Hall–Kier alpha value is -7.13. The molecule has 8 aromatic rings. The Morgan fingerprint density at radius 3 is 1.17 bits per heavy atom. The SMILES string of the molecule is Cc1cc(I)ccc1Oc1ccc(F)cc1.Cc1cc(N)ccc1Oc1ccc(F)cc1.Cc1cc([N+](=O)[O-])ccc1F.Cc1cc([N+](=O)[O-])ccc1Oc1ccc(F)cc1.Oc1ccc(F)cc1.[2H]CF.[H-].[Na+]. The van der Waals surface area contributed by atoms with Crippen LogP contribution >= 0.6 is 22.6 Å². The maximum Gasteiger partial charge on any atom is 1.00 e. The fraction of sp³-hybridized carbons (Fsp3) is 0.0943. The van der Waals surface area contributed by atoms with Crippen LogP contribution in [-0.4, -0.2) is 22.1 Å². The summed E-state index contributed by atoms with van der Waals surface area (Å²) in [7, 11) is -1.00. The van der Waals surface area contributed by atoms with E-state index >= 15 is 0 Å². The van der Waals surface area contributed by atoms with Gasteiger partial charge in [-0.15, -0.1) is 0 Å². The number of nitrogens with zero attached hydrogens (tertiary/aromatic N) is 2. The average molecular weight is 1120 g/mol. The standard InChI is InChI=1S/C13H10FIO.C13H10FNO3.C13H12FNO.C7H6FNO2.C6H5FO.CH3F.Na.H/c1-9-8-11(15)4-7-13(9)16-12-5-2-10(14)3-6-12;1-9-8-11(15(16)17)4-7-13(9)18-12-5-2-10(14)3-6-12;1-9-8-11(15)4-7-13(9)16-12-5-2-10(14)3-6-12;1-5-4-6(9(10)11)2-3-7(5)8;7-5-1-3-6(8)4-2-5;1-2;;/h2-8H,1H3;2-8H,1H3;2-8H,15H2,1H3;2-4H,1H3;1-4,8H;1H3;;/q;;;;;;+1;-1/i;;;;;1D;;. The first-order chi connectivity index (χ1) is 34.2. The molecule has 0 fully saturated rings. The molecule has 0 aromatic heterocycles. The van der Waals surface area contributed by atoms with E-state index in [1.165, 1.54) is 108 Å². The van der Waals surface area contributed by atoms with Crippen LogP contribution in [0.5, 0.6) is 40.2 Å². The maximum atomic E-state index is 12.7.